The Bertz CT molecular complexity index is 909. The maximum Gasteiger partial charge on any atom is 0.425 e. The molecule has 1 aliphatic heterocycles. The molecule has 2 atom stereocenters. The number of rotatable bonds is 4. The fourth-order valence-electron chi connectivity index (χ4n) is 2.80. The molecular formula is C17H14BrF4N3O3. The number of aromatic nitrogens is 1. The van der Waals surface area contributed by atoms with Crippen LogP contribution in [0.2, 0.25) is 0 Å². The van der Waals surface area contributed by atoms with E-state index in [9.17, 15) is 22.7 Å². The van der Waals surface area contributed by atoms with Crippen LogP contribution in [0, 0.1) is 5.82 Å². The number of alkyl halides is 3. The number of halogens is 5. The molecule has 150 valence electrons. The fraction of sp³-hybridized carbons (Fsp3) is 0.294. The topological polar surface area (TPSA) is 90.0 Å². The smallest absolute Gasteiger partial charge is 0.425 e. The lowest BCUT2D eigenvalue weighted by Gasteiger charge is -2.37. The lowest BCUT2D eigenvalue weighted by Crippen LogP contribution is -2.48. The van der Waals surface area contributed by atoms with Crippen molar-refractivity contribution in [3.05, 3.63) is 52.4 Å². The molecule has 2 heterocycles. The Labute approximate surface area is 165 Å². The van der Waals surface area contributed by atoms with E-state index in [0.29, 0.717) is 4.47 Å². The Morgan fingerprint density at radius 2 is 2.07 bits per heavy atom. The van der Waals surface area contributed by atoms with Crippen LogP contribution < -0.4 is 10.5 Å². The molecule has 0 fully saturated rings. The van der Waals surface area contributed by atoms with Gasteiger partial charge in [-0.15, -0.1) is 0 Å². The zero-order valence-electron chi connectivity index (χ0n) is 14.1. The van der Waals surface area contributed by atoms with Crippen molar-refractivity contribution in [3.8, 4) is 11.6 Å². The molecule has 0 spiro atoms. The number of benzene rings is 1. The van der Waals surface area contributed by atoms with Gasteiger partial charge in [0, 0.05) is 28.7 Å². The molecule has 1 aromatic heterocycles. The summed E-state index contributed by atoms with van der Waals surface area (Å²) in [5, 5.41) is 9.83. The third-order valence-electron chi connectivity index (χ3n) is 4.10. The first-order valence-corrected chi connectivity index (χ1v) is 8.71. The largest absolute Gasteiger partial charge is 0.452 e. The van der Waals surface area contributed by atoms with Crippen molar-refractivity contribution in [1.82, 2.24) is 4.98 Å². The average Bonchev–Trinajstić information content (AvgIpc) is 2.62. The van der Waals surface area contributed by atoms with Crippen LogP contribution in [0.15, 0.2) is 46.0 Å². The van der Waals surface area contributed by atoms with Crippen LogP contribution in [-0.2, 0) is 10.3 Å². The van der Waals surface area contributed by atoms with Crippen molar-refractivity contribution >= 4 is 22.0 Å². The van der Waals surface area contributed by atoms with E-state index in [1.54, 1.807) is 12.1 Å². The number of aliphatic hydroxyl groups is 1. The molecular weight excluding hydrogens is 450 g/mol. The van der Waals surface area contributed by atoms with E-state index >= 15 is 0 Å². The van der Waals surface area contributed by atoms with E-state index in [1.165, 1.54) is 12.3 Å². The first-order valence-electron chi connectivity index (χ1n) is 7.92. The van der Waals surface area contributed by atoms with Crippen molar-refractivity contribution in [2.45, 2.75) is 24.2 Å². The zero-order valence-corrected chi connectivity index (χ0v) is 15.7. The lowest BCUT2D eigenvalue weighted by molar-refractivity contribution is -0.209. The summed E-state index contributed by atoms with van der Waals surface area (Å²) < 4.78 is 64.8. The van der Waals surface area contributed by atoms with Crippen molar-refractivity contribution < 1.29 is 32.1 Å². The Kier molecular flexibility index (Phi) is 5.48. The minimum Gasteiger partial charge on any atom is -0.452 e. The Morgan fingerprint density at radius 3 is 2.71 bits per heavy atom. The zero-order chi connectivity index (χ0) is 20.5. The van der Waals surface area contributed by atoms with Gasteiger partial charge < -0.3 is 20.3 Å². The molecule has 0 bridgehead atoms. The lowest BCUT2D eigenvalue weighted by atomic mass is 9.84. The predicted octanol–water partition coefficient (Wildman–Crippen LogP) is 3.63. The number of hydrogen-bond donors (Lipinski definition) is 2. The van der Waals surface area contributed by atoms with Crippen molar-refractivity contribution in [1.29, 1.82) is 0 Å². The van der Waals surface area contributed by atoms with Gasteiger partial charge in [-0.3, -0.25) is 0 Å². The number of nitrogens with zero attached hydrogens (tertiary/aromatic N) is 2. The van der Waals surface area contributed by atoms with E-state index in [4.69, 9.17) is 10.5 Å². The number of aliphatic hydroxyl groups excluding tert-OH is 1. The van der Waals surface area contributed by atoms with E-state index in [2.05, 4.69) is 30.6 Å². The summed E-state index contributed by atoms with van der Waals surface area (Å²) >= 11 is 3.25. The normalized spacial score (nSPS) is 22.4. The van der Waals surface area contributed by atoms with Crippen LogP contribution >= 0.6 is 15.9 Å². The van der Waals surface area contributed by atoms with Gasteiger partial charge in [-0.2, -0.15) is 13.2 Å². The van der Waals surface area contributed by atoms with Gasteiger partial charge in [-0.25, -0.2) is 14.4 Å². The summed E-state index contributed by atoms with van der Waals surface area (Å²) in [5.41, 5.74) is 3.11. The van der Waals surface area contributed by atoms with E-state index in [-0.39, 0.29) is 17.2 Å². The van der Waals surface area contributed by atoms with Crippen LogP contribution in [0.25, 0.3) is 0 Å². The van der Waals surface area contributed by atoms with Gasteiger partial charge >= 0.3 is 6.18 Å². The standard InChI is InChI=1S/C17H14BrF4N3O3/c18-9-3-4-24-14(5-9)27-10-1-2-12(19)11(6-10)16(8-26)7-13(17(20,21)22)28-15(23)25-16/h1-6,13,26H,7-8H2,(H2,23,25)/t13-,16-/m0/s1. The first-order chi connectivity index (χ1) is 13.1. The SMILES string of the molecule is NC1=N[C@@](CO)(c2cc(Oc3cc(Br)ccn3)ccc2F)C[C@@H](C(F)(F)F)O1. The molecule has 0 radical (unpaired) electrons. The molecule has 28 heavy (non-hydrogen) atoms. The summed E-state index contributed by atoms with van der Waals surface area (Å²) in [5.74, 6) is -0.602. The van der Waals surface area contributed by atoms with E-state index in [1.807, 2.05) is 0 Å². The van der Waals surface area contributed by atoms with Crippen molar-refractivity contribution in [2.24, 2.45) is 10.7 Å². The molecule has 11 heteroatoms. The number of pyridine rings is 1. The summed E-state index contributed by atoms with van der Waals surface area (Å²) in [6.45, 7) is -0.918. The molecule has 0 aliphatic carbocycles. The number of nitrogens with two attached hydrogens (primary N) is 1. The van der Waals surface area contributed by atoms with E-state index in [0.717, 1.165) is 12.1 Å². The molecule has 3 rings (SSSR count). The third kappa shape index (κ3) is 4.20. The predicted molar refractivity (Wildman–Crippen MR) is 94.3 cm³/mol. The van der Waals surface area contributed by atoms with Crippen LogP contribution in [0.5, 0.6) is 11.6 Å². The molecule has 1 aliphatic rings. The minimum atomic E-state index is -4.77. The fourth-order valence-corrected chi connectivity index (χ4v) is 3.12. The van der Waals surface area contributed by atoms with Gasteiger partial charge in [-0.1, -0.05) is 15.9 Å². The van der Waals surface area contributed by atoms with Crippen LogP contribution in [-0.4, -0.2) is 35.0 Å². The second-order valence-corrected chi connectivity index (χ2v) is 6.96. The van der Waals surface area contributed by atoms with Crippen molar-refractivity contribution in [3.63, 3.8) is 0 Å². The number of hydrogen-bond acceptors (Lipinski definition) is 6. The van der Waals surface area contributed by atoms with Gasteiger partial charge in [0.1, 0.15) is 17.1 Å². The molecule has 3 N–H and O–H groups in total. The summed E-state index contributed by atoms with van der Waals surface area (Å²) in [6.07, 6.45) is -6.49. The van der Waals surface area contributed by atoms with Gasteiger partial charge in [-0.05, 0) is 24.3 Å². The van der Waals surface area contributed by atoms with Gasteiger partial charge in [0.25, 0.3) is 6.02 Å². The van der Waals surface area contributed by atoms with E-state index < -0.39 is 42.7 Å². The monoisotopic (exact) mass is 463 g/mol. The molecule has 0 unspecified atom stereocenters. The highest BCUT2D eigenvalue weighted by atomic mass is 79.9. The Balaban J connectivity index is 2.01. The highest BCUT2D eigenvalue weighted by Gasteiger charge is 2.51. The van der Waals surface area contributed by atoms with Crippen LogP contribution in [0.1, 0.15) is 12.0 Å². The minimum absolute atomic E-state index is 0.0960. The molecule has 0 amide bonds. The Morgan fingerprint density at radius 1 is 1.32 bits per heavy atom. The third-order valence-corrected chi connectivity index (χ3v) is 4.59. The highest BCUT2D eigenvalue weighted by molar-refractivity contribution is 9.10. The molecule has 0 saturated carbocycles. The second-order valence-electron chi connectivity index (χ2n) is 6.05. The van der Waals surface area contributed by atoms with Crippen molar-refractivity contribution in [2.75, 3.05) is 6.61 Å². The van der Waals surface area contributed by atoms with Gasteiger partial charge in [0.2, 0.25) is 5.88 Å². The molecule has 2 aromatic rings. The van der Waals surface area contributed by atoms with Gasteiger partial charge in [0.15, 0.2) is 6.10 Å². The second kappa shape index (κ2) is 7.55. The van der Waals surface area contributed by atoms with Gasteiger partial charge in [0.05, 0.1) is 6.61 Å². The average molecular weight is 464 g/mol. The van der Waals surface area contributed by atoms with Crippen LogP contribution in [0.4, 0.5) is 17.6 Å². The highest BCUT2D eigenvalue weighted by Crippen LogP contribution is 2.42. The Hall–Kier alpha value is -2.40. The number of amidine groups is 1. The number of aliphatic imine (C=N–C) groups is 1. The summed E-state index contributed by atoms with van der Waals surface area (Å²) in [7, 11) is 0. The molecule has 0 saturated heterocycles. The maximum absolute atomic E-state index is 14.5. The molecule has 6 nitrogen and oxygen atoms in total. The summed E-state index contributed by atoms with van der Waals surface area (Å²) in [6, 6.07) is 5.87. The first kappa shape index (κ1) is 20.3. The quantitative estimate of drug-likeness (QED) is 0.675. The number of ether oxygens (including phenoxy) is 2. The molecule has 1 aromatic carbocycles. The van der Waals surface area contributed by atoms with Crippen LogP contribution in [0.3, 0.4) is 0 Å². The maximum atomic E-state index is 14.5. The summed E-state index contributed by atoms with van der Waals surface area (Å²) in [4.78, 5) is 7.77.